The van der Waals surface area contributed by atoms with Crippen molar-refractivity contribution in [2.75, 3.05) is 37.9 Å². The third-order valence-electron chi connectivity index (χ3n) is 10.9. The molecular formula is C41H72Cl2N2O10SSi2. The van der Waals surface area contributed by atoms with E-state index in [2.05, 4.69) is 67.7 Å². The number of alkyl halides is 2. The first-order chi connectivity index (χ1) is 26.3. The Kier molecular flexibility index (Phi) is 22.0. The highest BCUT2D eigenvalue weighted by Crippen LogP contribution is 2.40. The molecule has 0 bridgehead atoms. The van der Waals surface area contributed by atoms with Crippen LogP contribution in [-0.2, 0) is 45.8 Å². The molecule has 2 heterocycles. The van der Waals surface area contributed by atoms with Crippen molar-refractivity contribution in [2.45, 2.75) is 136 Å². The van der Waals surface area contributed by atoms with Crippen LogP contribution in [0, 0.1) is 0 Å². The Hall–Kier alpha value is -2.22. The second-order valence-electron chi connectivity index (χ2n) is 17.4. The highest BCUT2D eigenvalue weighted by Gasteiger charge is 2.45. The highest BCUT2D eigenvalue weighted by atomic mass is 35.5. The maximum atomic E-state index is 12.7. The van der Waals surface area contributed by atoms with Crippen molar-refractivity contribution < 1.29 is 47.0 Å². The fourth-order valence-corrected chi connectivity index (χ4v) is 8.81. The SMILES string of the molecule is C.CC(C)(C)[Si](C)(C)O[C@H]1C[C@@H](CO)N(C(=O)OCc2ccccc2)C1.CC(C)(C)[Si](C)(C)O[C@H]1C[C@@H](COS(C)(=O)=O)N(C(=O)OCc2ccccc2)C1.ClCCl.[HH]. The van der Waals surface area contributed by atoms with Gasteiger partial charge in [-0.1, -0.05) is 110 Å². The first-order valence-corrected chi connectivity index (χ1v) is 27.9. The van der Waals surface area contributed by atoms with Gasteiger partial charge < -0.3 is 33.2 Å². The Bertz CT molecular complexity index is 1640. The molecule has 334 valence electrons. The number of aliphatic hydroxyl groups excluding tert-OH is 1. The third-order valence-corrected chi connectivity index (χ3v) is 20.5. The van der Waals surface area contributed by atoms with Crippen molar-refractivity contribution in [1.29, 1.82) is 0 Å². The molecule has 2 fully saturated rings. The van der Waals surface area contributed by atoms with Gasteiger partial charge in [0.05, 0.1) is 49.1 Å². The summed E-state index contributed by atoms with van der Waals surface area (Å²) in [5.41, 5.74) is 1.84. The molecule has 0 spiro atoms. The van der Waals surface area contributed by atoms with Crippen LogP contribution < -0.4 is 0 Å². The van der Waals surface area contributed by atoms with E-state index in [1.807, 2.05) is 60.7 Å². The van der Waals surface area contributed by atoms with Crippen molar-refractivity contribution in [3.63, 3.8) is 0 Å². The number of carbonyl (C=O) groups is 2. The Balaban J connectivity index is 0.00000104. The summed E-state index contributed by atoms with van der Waals surface area (Å²) in [4.78, 5) is 28.3. The van der Waals surface area contributed by atoms with Gasteiger partial charge >= 0.3 is 12.2 Å². The van der Waals surface area contributed by atoms with E-state index < -0.39 is 38.9 Å². The lowest BCUT2D eigenvalue weighted by Crippen LogP contribution is -2.45. The van der Waals surface area contributed by atoms with Gasteiger partial charge in [0, 0.05) is 14.5 Å². The summed E-state index contributed by atoms with van der Waals surface area (Å²) in [7, 11) is -7.54. The minimum atomic E-state index is -3.60. The van der Waals surface area contributed by atoms with Crippen LogP contribution in [0.1, 0.15) is 74.4 Å². The average molecular weight is 912 g/mol. The fraction of sp³-hybridized carbons (Fsp3) is 0.659. The summed E-state index contributed by atoms with van der Waals surface area (Å²) >= 11 is 9.53. The van der Waals surface area contributed by atoms with Gasteiger partial charge in [0.15, 0.2) is 16.6 Å². The number of likely N-dealkylation sites (tertiary alicyclic amines) is 2. The van der Waals surface area contributed by atoms with Crippen LogP contribution in [0.5, 0.6) is 0 Å². The van der Waals surface area contributed by atoms with Crippen LogP contribution in [0.2, 0.25) is 36.3 Å². The summed E-state index contributed by atoms with van der Waals surface area (Å²) in [6.45, 7) is 22.9. The monoisotopic (exact) mass is 910 g/mol. The third kappa shape index (κ3) is 17.8. The van der Waals surface area contributed by atoms with E-state index in [0.29, 0.717) is 25.9 Å². The Morgan fingerprint density at radius 2 is 1.09 bits per heavy atom. The lowest BCUT2D eigenvalue weighted by molar-refractivity contribution is 0.0775. The lowest BCUT2D eigenvalue weighted by atomic mass is 10.2. The van der Waals surface area contributed by atoms with Crippen molar-refractivity contribution >= 4 is 62.1 Å². The average Bonchev–Trinajstić information content (AvgIpc) is 3.72. The van der Waals surface area contributed by atoms with Crippen LogP contribution in [0.15, 0.2) is 60.7 Å². The quantitative estimate of drug-likeness (QED) is 0.124. The topological polar surface area (TPSA) is 141 Å². The van der Waals surface area contributed by atoms with Crippen molar-refractivity contribution in [3.8, 4) is 0 Å². The molecule has 58 heavy (non-hydrogen) atoms. The maximum Gasteiger partial charge on any atom is 0.410 e. The second kappa shape index (κ2) is 23.7. The number of rotatable bonds is 12. The number of nitrogens with zero attached hydrogens (tertiary/aromatic N) is 2. The smallest absolute Gasteiger partial charge is 0.410 e. The molecule has 4 rings (SSSR count). The van der Waals surface area contributed by atoms with Crippen molar-refractivity contribution in [1.82, 2.24) is 9.80 Å². The molecule has 2 amide bonds. The van der Waals surface area contributed by atoms with Gasteiger partial charge in [-0.15, -0.1) is 23.2 Å². The minimum Gasteiger partial charge on any atom is -0.445 e. The van der Waals surface area contributed by atoms with Crippen LogP contribution >= 0.6 is 23.2 Å². The molecular weight excluding hydrogens is 840 g/mol. The van der Waals surface area contributed by atoms with Gasteiger partial charge in [-0.05, 0) is 60.2 Å². The van der Waals surface area contributed by atoms with E-state index in [4.69, 9.17) is 45.7 Å². The summed E-state index contributed by atoms with van der Waals surface area (Å²) in [5, 5.41) is 10.00. The second-order valence-corrected chi connectivity index (χ2v) is 29.4. The van der Waals surface area contributed by atoms with E-state index in [1.54, 1.807) is 4.90 Å². The van der Waals surface area contributed by atoms with E-state index >= 15 is 0 Å². The first-order valence-electron chi connectivity index (χ1n) is 19.2. The number of carbonyl (C=O) groups excluding carboxylic acids is 2. The summed E-state index contributed by atoms with van der Waals surface area (Å²) in [6, 6.07) is 18.4. The number of aliphatic hydroxyl groups is 1. The van der Waals surface area contributed by atoms with Crippen molar-refractivity contribution in [3.05, 3.63) is 71.8 Å². The van der Waals surface area contributed by atoms with Gasteiger partial charge in [0.1, 0.15) is 13.2 Å². The molecule has 2 aromatic rings. The van der Waals surface area contributed by atoms with E-state index in [1.165, 1.54) is 4.90 Å². The summed E-state index contributed by atoms with van der Waals surface area (Å²) in [5.74, 6) is 0. The molecule has 0 radical (unpaired) electrons. The minimum absolute atomic E-state index is 0. The largest absolute Gasteiger partial charge is 0.445 e. The Labute approximate surface area is 362 Å². The van der Waals surface area contributed by atoms with Crippen molar-refractivity contribution in [2.24, 2.45) is 0 Å². The van der Waals surface area contributed by atoms with E-state index in [9.17, 15) is 23.1 Å². The standard InChI is InChI=1S/C20H33NO6SSi.C19H31NO4Si.CH2Cl2.CH4.H2/c1-20(2,3)29(5,6)27-18-12-17(15-26-28(4,23)24)21(13-18)19(22)25-14-16-10-8-7-9-11-16;1-19(2,3)25(4,5)24-17-11-16(13-21)20(12-17)18(22)23-14-15-9-7-6-8-10-15;2-1-3;;/h7-11,17-18H,12-15H2,1-6H3;6-10,16-17,21H,11-14H2,1-5H3;1H2;1H4;1H/t17-,18-;16-,17-;;;/m00.../s1. The van der Waals surface area contributed by atoms with Crippen LogP contribution in [0.25, 0.3) is 0 Å². The van der Waals surface area contributed by atoms with Gasteiger partial charge in [-0.25, -0.2) is 9.59 Å². The van der Waals surface area contributed by atoms with Gasteiger partial charge in [0.25, 0.3) is 10.1 Å². The fourth-order valence-electron chi connectivity index (χ4n) is 5.69. The number of hydrogen-bond acceptors (Lipinski definition) is 10. The predicted molar refractivity (Wildman–Crippen MR) is 241 cm³/mol. The van der Waals surface area contributed by atoms with E-state index in [-0.39, 0.29) is 75.0 Å². The molecule has 0 aliphatic carbocycles. The molecule has 2 aliphatic heterocycles. The molecule has 0 unspecified atom stereocenters. The zero-order valence-electron chi connectivity index (χ0n) is 35.6. The molecule has 2 aromatic carbocycles. The number of halogens is 2. The number of benzene rings is 2. The zero-order chi connectivity index (χ0) is 43.2. The van der Waals surface area contributed by atoms with Crippen LogP contribution in [0.4, 0.5) is 9.59 Å². The maximum absolute atomic E-state index is 12.7. The molecule has 2 saturated heterocycles. The molecule has 4 atom stereocenters. The lowest BCUT2D eigenvalue weighted by Gasteiger charge is -2.38. The summed E-state index contributed by atoms with van der Waals surface area (Å²) in [6.07, 6.45) is 1.09. The molecule has 0 aromatic heterocycles. The normalized spacial score (nSPS) is 19.9. The number of ether oxygens (including phenoxy) is 2. The van der Waals surface area contributed by atoms with Gasteiger partial charge in [-0.3, -0.25) is 4.18 Å². The predicted octanol–water partition coefficient (Wildman–Crippen LogP) is 9.85. The van der Waals surface area contributed by atoms with Crippen LogP contribution in [-0.4, -0.2) is 114 Å². The summed E-state index contributed by atoms with van der Waals surface area (Å²) < 4.78 is 51.6. The Morgan fingerprint density at radius 3 is 1.41 bits per heavy atom. The first kappa shape index (κ1) is 53.8. The highest BCUT2D eigenvalue weighted by molar-refractivity contribution is 7.85. The van der Waals surface area contributed by atoms with Gasteiger partial charge in [-0.2, -0.15) is 8.42 Å². The molecule has 17 heteroatoms. The van der Waals surface area contributed by atoms with Crippen LogP contribution in [0.3, 0.4) is 0 Å². The molecule has 0 saturated carbocycles. The zero-order valence-corrected chi connectivity index (χ0v) is 40.0. The number of amides is 2. The molecule has 12 nitrogen and oxygen atoms in total. The van der Waals surface area contributed by atoms with Gasteiger partial charge in [0.2, 0.25) is 0 Å². The molecule has 1 N–H and O–H groups in total. The number of hydrogen-bond donors (Lipinski definition) is 1. The Morgan fingerprint density at radius 1 is 0.741 bits per heavy atom. The van der Waals surface area contributed by atoms with E-state index in [0.717, 1.165) is 17.4 Å². The molecule has 2 aliphatic rings.